The predicted octanol–water partition coefficient (Wildman–Crippen LogP) is 5.37. The lowest BCUT2D eigenvalue weighted by atomic mass is 9.87. The number of carbonyl (C=O) groups excluding carboxylic acids is 2. The molecule has 3 N–H and O–H groups in total. The van der Waals surface area contributed by atoms with Crippen LogP contribution in [0.25, 0.3) is 10.9 Å². The molecule has 1 heterocycles. The minimum Gasteiger partial charge on any atom is -0.320 e. The summed E-state index contributed by atoms with van der Waals surface area (Å²) in [5.74, 6) is -0.506. The molecule has 0 saturated carbocycles. The number of rotatable bonds is 4. The second-order valence-corrected chi connectivity index (χ2v) is 8.45. The van der Waals surface area contributed by atoms with Gasteiger partial charge in [-0.15, -0.1) is 0 Å². The molecular weight excluding hydrogens is 388 g/mol. The van der Waals surface area contributed by atoms with Crippen LogP contribution in [0.5, 0.6) is 0 Å². The molecule has 156 valence electrons. The molecule has 0 aliphatic carbocycles. The minimum absolute atomic E-state index is 0.0189. The third kappa shape index (κ3) is 4.48. The fraction of sp³-hybridized carbons (Fsp3) is 0.160. The quantitative estimate of drug-likeness (QED) is 0.421. The average Bonchev–Trinajstić information content (AvgIpc) is 3.22. The van der Waals surface area contributed by atoms with Crippen molar-refractivity contribution in [1.82, 2.24) is 10.2 Å². The number of fused-ring (bicyclic) bond motifs is 1. The number of aromatic amines is 1. The van der Waals surface area contributed by atoms with Crippen molar-refractivity contribution in [3.63, 3.8) is 0 Å². The standard InChI is InChI=1S/C25H24N4O2/c1-25(2,3)19-12-10-16(11-13-19)23(30)27-20-6-4-5-7-21(20)28-24(31)17-8-9-18-15-26-29-22(18)14-17/h4-15H,1-3H3,(H,26,29)(H,27,30)(H,28,31). The Kier molecular flexibility index (Phi) is 5.29. The highest BCUT2D eigenvalue weighted by Gasteiger charge is 2.16. The lowest BCUT2D eigenvalue weighted by Gasteiger charge is -2.19. The van der Waals surface area contributed by atoms with Crippen molar-refractivity contribution in [2.24, 2.45) is 0 Å². The zero-order chi connectivity index (χ0) is 22.0. The number of para-hydroxylation sites is 2. The Hall–Kier alpha value is -3.93. The van der Waals surface area contributed by atoms with Gasteiger partial charge in [0.2, 0.25) is 0 Å². The highest BCUT2D eigenvalue weighted by molar-refractivity contribution is 6.10. The Labute approximate surface area is 180 Å². The van der Waals surface area contributed by atoms with E-state index in [-0.39, 0.29) is 17.2 Å². The molecule has 0 aliphatic heterocycles. The van der Waals surface area contributed by atoms with E-state index in [2.05, 4.69) is 41.6 Å². The largest absolute Gasteiger partial charge is 0.320 e. The van der Waals surface area contributed by atoms with Crippen LogP contribution in [0.4, 0.5) is 11.4 Å². The van der Waals surface area contributed by atoms with Crippen molar-refractivity contribution in [3.8, 4) is 0 Å². The van der Waals surface area contributed by atoms with Crippen molar-refractivity contribution in [3.05, 3.63) is 89.6 Å². The summed E-state index contributed by atoms with van der Waals surface area (Å²) < 4.78 is 0. The molecule has 1 aromatic heterocycles. The lowest BCUT2D eigenvalue weighted by Crippen LogP contribution is -2.17. The smallest absolute Gasteiger partial charge is 0.255 e. The second-order valence-electron chi connectivity index (χ2n) is 8.45. The number of H-pyrrole nitrogens is 1. The van der Waals surface area contributed by atoms with Gasteiger partial charge < -0.3 is 10.6 Å². The van der Waals surface area contributed by atoms with Gasteiger partial charge in [0.25, 0.3) is 11.8 Å². The summed E-state index contributed by atoms with van der Waals surface area (Å²) in [7, 11) is 0. The Morgan fingerprint density at radius 2 is 1.39 bits per heavy atom. The van der Waals surface area contributed by atoms with Gasteiger partial charge in [0.1, 0.15) is 0 Å². The van der Waals surface area contributed by atoms with Crippen LogP contribution in [-0.4, -0.2) is 22.0 Å². The van der Waals surface area contributed by atoms with Crippen LogP contribution >= 0.6 is 0 Å². The first-order valence-electron chi connectivity index (χ1n) is 10.1. The van der Waals surface area contributed by atoms with Gasteiger partial charge in [-0.2, -0.15) is 5.10 Å². The summed E-state index contributed by atoms with van der Waals surface area (Å²) in [5.41, 5.74) is 4.07. The van der Waals surface area contributed by atoms with E-state index in [1.54, 1.807) is 30.5 Å². The zero-order valence-electron chi connectivity index (χ0n) is 17.7. The summed E-state index contributed by atoms with van der Waals surface area (Å²) in [4.78, 5) is 25.5. The molecule has 0 bridgehead atoms. The van der Waals surface area contributed by atoms with Crippen LogP contribution in [0.15, 0.2) is 72.9 Å². The Bertz CT molecular complexity index is 1250. The Morgan fingerprint density at radius 1 is 0.806 bits per heavy atom. The average molecular weight is 412 g/mol. The second kappa shape index (κ2) is 8.07. The fourth-order valence-corrected chi connectivity index (χ4v) is 3.29. The molecule has 0 unspecified atom stereocenters. The molecular formula is C25H24N4O2. The molecule has 0 saturated heterocycles. The van der Waals surface area contributed by atoms with Crippen molar-refractivity contribution in [1.29, 1.82) is 0 Å². The first-order chi connectivity index (χ1) is 14.8. The molecule has 0 aliphatic rings. The highest BCUT2D eigenvalue weighted by atomic mass is 16.2. The van der Waals surface area contributed by atoms with Gasteiger partial charge in [-0.3, -0.25) is 14.7 Å². The zero-order valence-corrected chi connectivity index (χ0v) is 17.7. The van der Waals surface area contributed by atoms with Crippen LogP contribution < -0.4 is 10.6 Å². The molecule has 0 fully saturated rings. The fourth-order valence-electron chi connectivity index (χ4n) is 3.29. The Balaban J connectivity index is 1.51. The maximum absolute atomic E-state index is 12.8. The molecule has 3 aromatic carbocycles. The van der Waals surface area contributed by atoms with E-state index in [9.17, 15) is 9.59 Å². The molecule has 0 atom stereocenters. The van der Waals surface area contributed by atoms with Crippen LogP contribution in [0.2, 0.25) is 0 Å². The third-order valence-corrected chi connectivity index (χ3v) is 5.14. The molecule has 6 heteroatoms. The van der Waals surface area contributed by atoms with Crippen LogP contribution in [0.3, 0.4) is 0 Å². The van der Waals surface area contributed by atoms with Crippen molar-refractivity contribution in [2.45, 2.75) is 26.2 Å². The highest BCUT2D eigenvalue weighted by Crippen LogP contribution is 2.25. The molecule has 0 spiro atoms. The van der Waals surface area contributed by atoms with E-state index in [1.807, 2.05) is 42.5 Å². The van der Waals surface area contributed by atoms with Crippen LogP contribution in [0.1, 0.15) is 47.1 Å². The van der Waals surface area contributed by atoms with E-state index >= 15 is 0 Å². The van der Waals surface area contributed by atoms with Crippen molar-refractivity contribution >= 4 is 34.1 Å². The van der Waals surface area contributed by atoms with Crippen molar-refractivity contribution < 1.29 is 9.59 Å². The first-order valence-corrected chi connectivity index (χ1v) is 10.1. The number of nitrogens with one attached hydrogen (secondary N) is 3. The topological polar surface area (TPSA) is 86.9 Å². The SMILES string of the molecule is CC(C)(C)c1ccc(C(=O)Nc2ccccc2NC(=O)c2ccc3cn[nH]c3c2)cc1. The van der Waals surface area contributed by atoms with Gasteiger partial charge in [0.15, 0.2) is 0 Å². The van der Waals surface area contributed by atoms with Gasteiger partial charge >= 0.3 is 0 Å². The first kappa shape index (κ1) is 20.3. The predicted molar refractivity (Wildman–Crippen MR) is 124 cm³/mol. The summed E-state index contributed by atoms with van der Waals surface area (Å²) in [5, 5.41) is 13.5. The molecule has 2 amide bonds. The molecule has 6 nitrogen and oxygen atoms in total. The summed E-state index contributed by atoms with van der Waals surface area (Å²) in [6.45, 7) is 6.39. The minimum atomic E-state index is -0.271. The number of benzene rings is 3. The van der Waals surface area contributed by atoms with Gasteiger partial charge in [0.05, 0.1) is 23.1 Å². The van der Waals surface area contributed by atoms with Gasteiger partial charge in [-0.05, 0) is 47.4 Å². The third-order valence-electron chi connectivity index (χ3n) is 5.14. The maximum Gasteiger partial charge on any atom is 0.255 e. The number of aromatic nitrogens is 2. The van der Waals surface area contributed by atoms with E-state index in [0.29, 0.717) is 22.5 Å². The van der Waals surface area contributed by atoms with Gasteiger partial charge in [0, 0.05) is 16.5 Å². The number of hydrogen-bond donors (Lipinski definition) is 3. The van der Waals surface area contributed by atoms with E-state index in [4.69, 9.17) is 0 Å². The monoisotopic (exact) mass is 412 g/mol. The maximum atomic E-state index is 12.8. The lowest BCUT2D eigenvalue weighted by molar-refractivity contribution is 0.101. The van der Waals surface area contributed by atoms with E-state index in [1.165, 1.54) is 0 Å². The van der Waals surface area contributed by atoms with Gasteiger partial charge in [-0.1, -0.05) is 51.1 Å². The number of carbonyl (C=O) groups is 2. The molecule has 4 aromatic rings. The summed E-state index contributed by atoms with van der Waals surface area (Å²) >= 11 is 0. The van der Waals surface area contributed by atoms with Crippen molar-refractivity contribution in [2.75, 3.05) is 10.6 Å². The normalized spacial score (nSPS) is 11.3. The van der Waals surface area contributed by atoms with E-state index in [0.717, 1.165) is 16.5 Å². The summed E-state index contributed by atoms with van der Waals surface area (Å²) in [6, 6.07) is 20.0. The molecule has 0 radical (unpaired) electrons. The number of amides is 2. The molecule has 31 heavy (non-hydrogen) atoms. The number of hydrogen-bond acceptors (Lipinski definition) is 3. The number of anilines is 2. The number of nitrogens with zero attached hydrogens (tertiary/aromatic N) is 1. The van der Waals surface area contributed by atoms with Crippen LogP contribution in [0, 0.1) is 0 Å². The Morgan fingerprint density at radius 3 is 2.00 bits per heavy atom. The van der Waals surface area contributed by atoms with Crippen LogP contribution in [-0.2, 0) is 5.41 Å². The molecule has 4 rings (SSSR count). The van der Waals surface area contributed by atoms with Gasteiger partial charge in [-0.25, -0.2) is 0 Å². The van der Waals surface area contributed by atoms with E-state index < -0.39 is 0 Å². The summed E-state index contributed by atoms with van der Waals surface area (Å²) in [6.07, 6.45) is 1.70.